The van der Waals surface area contributed by atoms with Crippen molar-refractivity contribution in [1.29, 1.82) is 0 Å². The van der Waals surface area contributed by atoms with Crippen molar-refractivity contribution in [3.8, 4) is 11.1 Å². The molecule has 1 aliphatic heterocycles. The van der Waals surface area contributed by atoms with E-state index >= 15 is 0 Å². The molecular formula is C22H23ClN4O2. The smallest absolute Gasteiger partial charge is 0.270 e. The summed E-state index contributed by atoms with van der Waals surface area (Å²) in [5.74, 6) is -0.252. The van der Waals surface area contributed by atoms with E-state index in [0.29, 0.717) is 23.9 Å². The van der Waals surface area contributed by atoms with Gasteiger partial charge in [0.1, 0.15) is 11.2 Å². The first-order valence-electron chi connectivity index (χ1n) is 9.45. The molecule has 3 aromatic rings. The van der Waals surface area contributed by atoms with E-state index < -0.39 is 5.54 Å². The topological polar surface area (TPSA) is 69.0 Å². The number of ether oxygens (including phenoxy) is 1. The van der Waals surface area contributed by atoms with E-state index in [0.717, 1.165) is 16.7 Å². The Bertz CT molecular complexity index is 1050. The van der Waals surface area contributed by atoms with Crippen LogP contribution in [0.15, 0.2) is 55.0 Å². The van der Waals surface area contributed by atoms with Gasteiger partial charge in [0.25, 0.3) is 5.91 Å². The number of nitrogens with zero attached hydrogens (tertiary/aromatic N) is 3. The van der Waals surface area contributed by atoms with Crippen LogP contribution in [0.4, 0.5) is 0 Å². The summed E-state index contributed by atoms with van der Waals surface area (Å²) in [6.07, 6.45) is 5.42. The van der Waals surface area contributed by atoms with Crippen molar-refractivity contribution in [3.05, 3.63) is 71.3 Å². The zero-order valence-corrected chi connectivity index (χ0v) is 17.4. The second kappa shape index (κ2) is 7.28. The number of hydrogen-bond donors (Lipinski definition) is 1. The Balaban J connectivity index is 1.58. The highest BCUT2D eigenvalue weighted by Gasteiger charge is 2.42. The number of nitrogens with one attached hydrogen (secondary N) is 1. The average Bonchev–Trinajstić information content (AvgIpc) is 3.15. The van der Waals surface area contributed by atoms with E-state index in [2.05, 4.69) is 36.2 Å². The first kappa shape index (κ1) is 19.6. The highest BCUT2D eigenvalue weighted by molar-refractivity contribution is 6.30. The molecule has 1 amide bonds. The number of amides is 1. The van der Waals surface area contributed by atoms with Crippen molar-refractivity contribution < 1.29 is 9.53 Å². The van der Waals surface area contributed by atoms with Gasteiger partial charge < -0.3 is 10.1 Å². The normalized spacial score (nSPS) is 15.6. The monoisotopic (exact) mass is 410 g/mol. The largest absolute Gasteiger partial charge is 0.376 e. The summed E-state index contributed by atoms with van der Waals surface area (Å²) in [5.41, 5.74) is 2.40. The van der Waals surface area contributed by atoms with Crippen LogP contribution >= 0.6 is 11.6 Å². The Labute approximate surface area is 174 Å². The number of halogens is 1. The number of hydrogen-bond acceptors (Lipinski definition) is 4. The van der Waals surface area contributed by atoms with E-state index in [-0.39, 0.29) is 11.4 Å². The van der Waals surface area contributed by atoms with Crippen LogP contribution in [0.25, 0.3) is 11.1 Å². The van der Waals surface area contributed by atoms with Gasteiger partial charge in [0, 0.05) is 23.0 Å². The second-order valence-corrected chi connectivity index (χ2v) is 8.75. The fourth-order valence-electron chi connectivity index (χ4n) is 3.26. The SMILES string of the molecule is CC(C)(C)n1cc(-c2ccnc(C(=O)NC3(c4cccc(Cl)c4)COC3)c2)cn1. The zero-order valence-electron chi connectivity index (χ0n) is 16.6. The molecule has 0 unspecified atom stereocenters. The van der Waals surface area contributed by atoms with E-state index in [1.807, 2.05) is 41.2 Å². The zero-order chi connectivity index (χ0) is 20.6. The maximum absolute atomic E-state index is 13.0. The van der Waals surface area contributed by atoms with E-state index in [1.165, 1.54) is 0 Å². The Kier molecular flexibility index (Phi) is 4.92. The van der Waals surface area contributed by atoms with Gasteiger partial charge in [-0.1, -0.05) is 23.7 Å². The minimum atomic E-state index is -0.587. The van der Waals surface area contributed by atoms with Crippen LogP contribution in [-0.2, 0) is 15.8 Å². The lowest BCUT2D eigenvalue weighted by atomic mass is 9.87. The summed E-state index contributed by atoms with van der Waals surface area (Å²) >= 11 is 6.13. The summed E-state index contributed by atoms with van der Waals surface area (Å²) in [6, 6.07) is 11.1. The molecule has 150 valence electrons. The standard InChI is InChI=1S/C22H23ClN4O2/c1-21(2,3)27-12-16(11-25-27)15-7-8-24-19(9-15)20(28)26-22(13-29-14-22)17-5-4-6-18(23)10-17/h4-12H,13-14H2,1-3H3,(H,26,28). The minimum absolute atomic E-state index is 0.112. The predicted molar refractivity (Wildman–Crippen MR) is 112 cm³/mol. The summed E-state index contributed by atoms with van der Waals surface area (Å²) in [5, 5.41) is 8.15. The van der Waals surface area contributed by atoms with Crippen molar-refractivity contribution in [1.82, 2.24) is 20.1 Å². The Morgan fingerprint density at radius 3 is 2.62 bits per heavy atom. The van der Waals surface area contributed by atoms with Crippen LogP contribution in [0.3, 0.4) is 0 Å². The van der Waals surface area contributed by atoms with Gasteiger partial charge in [0.2, 0.25) is 0 Å². The van der Waals surface area contributed by atoms with Crippen molar-refractivity contribution in [2.24, 2.45) is 0 Å². The molecule has 1 saturated heterocycles. The Morgan fingerprint density at radius 1 is 1.21 bits per heavy atom. The molecule has 0 radical (unpaired) electrons. The molecule has 0 atom stereocenters. The first-order chi connectivity index (χ1) is 13.8. The molecule has 0 bridgehead atoms. The van der Waals surface area contributed by atoms with E-state index in [4.69, 9.17) is 16.3 Å². The average molecular weight is 411 g/mol. The fourth-order valence-corrected chi connectivity index (χ4v) is 3.45. The number of carbonyl (C=O) groups excluding carboxylic acids is 1. The van der Waals surface area contributed by atoms with Crippen LogP contribution in [0.1, 0.15) is 36.8 Å². The molecule has 6 nitrogen and oxygen atoms in total. The summed E-state index contributed by atoms with van der Waals surface area (Å²) < 4.78 is 7.31. The molecule has 1 aliphatic rings. The molecule has 0 saturated carbocycles. The third-order valence-corrected chi connectivity index (χ3v) is 5.26. The third kappa shape index (κ3) is 3.91. The van der Waals surface area contributed by atoms with Gasteiger partial charge in [-0.15, -0.1) is 0 Å². The van der Waals surface area contributed by atoms with E-state index in [9.17, 15) is 4.79 Å². The van der Waals surface area contributed by atoms with Gasteiger partial charge in [-0.05, 0) is 56.2 Å². The lowest BCUT2D eigenvalue weighted by Crippen LogP contribution is -2.59. The van der Waals surface area contributed by atoms with Crippen molar-refractivity contribution in [3.63, 3.8) is 0 Å². The highest BCUT2D eigenvalue weighted by Crippen LogP contribution is 2.31. The Morgan fingerprint density at radius 2 is 2.00 bits per heavy atom. The van der Waals surface area contributed by atoms with Gasteiger partial charge in [-0.2, -0.15) is 5.10 Å². The lowest BCUT2D eigenvalue weighted by molar-refractivity contribution is -0.0734. The minimum Gasteiger partial charge on any atom is -0.376 e. The number of carbonyl (C=O) groups is 1. The van der Waals surface area contributed by atoms with Gasteiger partial charge in [-0.3, -0.25) is 14.5 Å². The maximum atomic E-state index is 13.0. The first-order valence-corrected chi connectivity index (χ1v) is 9.83. The van der Waals surface area contributed by atoms with Crippen LogP contribution in [0, 0.1) is 0 Å². The molecule has 1 aromatic carbocycles. The maximum Gasteiger partial charge on any atom is 0.270 e. The van der Waals surface area contributed by atoms with E-state index in [1.54, 1.807) is 18.5 Å². The van der Waals surface area contributed by atoms with Crippen LogP contribution < -0.4 is 5.32 Å². The highest BCUT2D eigenvalue weighted by atomic mass is 35.5. The Hall–Kier alpha value is -2.70. The molecule has 1 N–H and O–H groups in total. The van der Waals surface area contributed by atoms with Gasteiger partial charge >= 0.3 is 0 Å². The summed E-state index contributed by atoms with van der Waals surface area (Å²) in [7, 11) is 0. The van der Waals surface area contributed by atoms with Crippen molar-refractivity contribution in [2.45, 2.75) is 31.8 Å². The second-order valence-electron chi connectivity index (χ2n) is 8.31. The van der Waals surface area contributed by atoms with Crippen LogP contribution in [-0.4, -0.2) is 33.9 Å². The molecule has 0 aliphatic carbocycles. The van der Waals surface area contributed by atoms with Crippen LogP contribution in [0.5, 0.6) is 0 Å². The molecular weight excluding hydrogens is 388 g/mol. The molecule has 2 aromatic heterocycles. The molecule has 7 heteroatoms. The van der Waals surface area contributed by atoms with Crippen molar-refractivity contribution >= 4 is 17.5 Å². The quantitative estimate of drug-likeness (QED) is 0.705. The van der Waals surface area contributed by atoms with Crippen LogP contribution in [0.2, 0.25) is 5.02 Å². The molecule has 1 fully saturated rings. The molecule has 4 rings (SSSR count). The van der Waals surface area contributed by atoms with Gasteiger partial charge in [-0.25, -0.2) is 0 Å². The third-order valence-electron chi connectivity index (χ3n) is 5.02. The number of benzene rings is 1. The molecule has 3 heterocycles. The predicted octanol–water partition coefficient (Wildman–Crippen LogP) is 4.01. The number of pyridine rings is 1. The van der Waals surface area contributed by atoms with Gasteiger partial charge in [0.15, 0.2) is 0 Å². The summed E-state index contributed by atoms with van der Waals surface area (Å²) in [6.45, 7) is 7.07. The number of aromatic nitrogens is 3. The lowest BCUT2D eigenvalue weighted by Gasteiger charge is -2.42. The number of rotatable bonds is 4. The molecule has 29 heavy (non-hydrogen) atoms. The van der Waals surface area contributed by atoms with Gasteiger partial charge in [0.05, 0.1) is 24.9 Å². The molecule has 0 spiro atoms. The fraction of sp³-hybridized carbons (Fsp3) is 0.318. The van der Waals surface area contributed by atoms with Crippen molar-refractivity contribution in [2.75, 3.05) is 13.2 Å². The summed E-state index contributed by atoms with van der Waals surface area (Å²) in [4.78, 5) is 17.2.